The fourth-order valence-corrected chi connectivity index (χ4v) is 1.89. The summed E-state index contributed by atoms with van der Waals surface area (Å²) < 4.78 is 5.39. The van der Waals surface area contributed by atoms with Crippen LogP contribution >= 0.6 is 0 Å². The summed E-state index contributed by atoms with van der Waals surface area (Å²) in [5.41, 5.74) is 0.703. The van der Waals surface area contributed by atoms with Crippen LogP contribution < -0.4 is 4.90 Å². The van der Waals surface area contributed by atoms with Crippen LogP contribution in [0, 0.1) is 6.92 Å². The van der Waals surface area contributed by atoms with Gasteiger partial charge in [0.25, 0.3) is 0 Å². The van der Waals surface area contributed by atoms with E-state index < -0.39 is 0 Å². The van der Waals surface area contributed by atoms with Gasteiger partial charge in [0.1, 0.15) is 11.6 Å². The fraction of sp³-hybridized carbons (Fsp3) is 0.636. The van der Waals surface area contributed by atoms with Crippen LogP contribution in [-0.2, 0) is 11.3 Å². The molecular weight excluding hydrogens is 222 g/mol. The first-order valence-corrected chi connectivity index (χ1v) is 5.65. The molecule has 94 valence electrons. The van der Waals surface area contributed by atoms with E-state index in [4.69, 9.17) is 9.84 Å². The first kappa shape index (κ1) is 12.2. The number of hydrogen-bond donors (Lipinski definition) is 2. The molecule has 1 aromatic heterocycles. The molecule has 1 aliphatic heterocycles. The molecule has 0 radical (unpaired) electrons. The van der Waals surface area contributed by atoms with E-state index in [-0.39, 0.29) is 19.3 Å². The van der Waals surface area contributed by atoms with Crippen molar-refractivity contribution in [3.63, 3.8) is 0 Å². The van der Waals surface area contributed by atoms with Gasteiger partial charge < -0.3 is 19.8 Å². The number of rotatable bonds is 3. The standard InChI is InChI=1S/C11H17N3O3/c1-8-12-4-9(6-15)11(13-8)14-2-3-17-10(5-14)7-16/h4,10,15-16H,2-3,5-7H2,1H3. The summed E-state index contributed by atoms with van der Waals surface area (Å²) in [7, 11) is 0. The summed E-state index contributed by atoms with van der Waals surface area (Å²) in [6, 6.07) is 0. The summed E-state index contributed by atoms with van der Waals surface area (Å²) in [6.07, 6.45) is 1.45. The number of morpholine rings is 1. The lowest BCUT2D eigenvalue weighted by Gasteiger charge is -2.33. The SMILES string of the molecule is Cc1ncc(CO)c(N2CCOC(CO)C2)n1. The highest BCUT2D eigenvalue weighted by atomic mass is 16.5. The minimum atomic E-state index is -0.189. The van der Waals surface area contributed by atoms with Gasteiger partial charge in [-0.2, -0.15) is 0 Å². The van der Waals surface area contributed by atoms with Crippen LogP contribution in [0.1, 0.15) is 11.4 Å². The van der Waals surface area contributed by atoms with Crippen LogP contribution in [0.2, 0.25) is 0 Å². The monoisotopic (exact) mass is 239 g/mol. The number of aliphatic hydroxyl groups excluding tert-OH is 2. The zero-order valence-corrected chi connectivity index (χ0v) is 9.83. The van der Waals surface area contributed by atoms with Gasteiger partial charge in [-0.1, -0.05) is 0 Å². The Morgan fingerprint density at radius 2 is 2.35 bits per heavy atom. The van der Waals surface area contributed by atoms with Crippen molar-refractivity contribution in [3.8, 4) is 0 Å². The number of ether oxygens (including phenoxy) is 1. The van der Waals surface area contributed by atoms with Crippen LogP contribution in [0.3, 0.4) is 0 Å². The predicted octanol–water partition coefficient (Wildman–Crippen LogP) is -0.525. The number of anilines is 1. The van der Waals surface area contributed by atoms with E-state index >= 15 is 0 Å². The molecule has 2 N–H and O–H groups in total. The lowest BCUT2D eigenvalue weighted by atomic mass is 10.2. The molecule has 6 nitrogen and oxygen atoms in total. The molecule has 1 saturated heterocycles. The van der Waals surface area contributed by atoms with Crippen LogP contribution in [-0.4, -0.2) is 52.6 Å². The number of aryl methyl sites for hydroxylation is 1. The Morgan fingerprint density at radius 1 is 1.53 bits per heavy atom. The van der Waals surface area contributed by atoms with Crippen molar-refractivity contribution < 1.29 is 14.9 Å². The second-order valence-corrected chi connectivity index (χ2v) is 4.05. The summed E-state index contributed by atoms with van der Waals surface area (Å²) in [5, 5.41) is 18.4. The van der Waals surface area contributed by atoms with Crippen molar-refractivity contribution in [2.45, 2.75) is 19.6 Å². The molecule has 0 saturated carbocycles. The minimum Gasteiger partial charge on any atom is -0.394 e. The van der Waals surface area contributed by atoms with Crippen LogP contribution in [0.25, 0.3) is 0 Å². The maximum absolute atomic E-state index is 9.28. The van der Waals surface area contributed by atoms with E-state index in [1.165, 1.54) is 0 Å². The van der Waals surface area contributed by atoms with Gasteiger partial charge in [0.2, 0.25) is 0 Å². The molecule has 0 aromatic carbocycles. The summed E-state index contributed by atoms with van der Waals surface area (Å²) in [6.45, 7) is 3.57. The molecule has 0 amide bonds. The number of hydrogen-bond acceptors (Lipinski definition) is 6. The quantitative estimate of drug-likeness (QED) is 0.738. The Balaban J connectivity index is 2.22. The zero-order chi connectivity index (χ0) is 12.3. The Bertz CT molecular complexity index is 386. The maximum Gasteiger partial charge on any atom is 0.137 e. The second-order valence-electron chi connectivity index (χ2n) is 4.05. The first-order chi connectivity index (χ1) is 8.24. The van der Waals surface area contributed by atoms with E-state index in [0.29, 0.717) is 31.1 Å². The molecule has 0 aliphatic carbocycles. The fourth-order valence-electron chi connectivity index (χ4n) is 1.89. The van der Waals surface area contributed by atoms with Gasteiger partial charge in [-0.3, -0.25) is 0 Å². The number of aliphatic hydroxyl groups is 2. The van der Waals surface area contributed by atoms with Crippen LogP contribution in [0.4, 0.5) is 5.82 Å². The Hall–Kier alpha value is -1.24. The van der Waals surface area contributed by atoms with Gasteiger partial charge in [-0.05, 0) is 6.92 Å². The molecule has 1 aromatic rings. The Kier molecular flexibility index (Phi) is 3.88. The number of nitrogens with zero attached hydrogens (tertiary/aromatic N) is 3. The van der Waals surface area contributed by atoms with E-state index in [9.17, 15) is 5.11 Å². The lowest BCUT2D eigenvalue weighted by molar-refractivity contribution is 0.00325. The highest BCUT2D eigenvalue weighted by Crippen LogP contribution is 2.20. The zero-order valence-electron chi connectivity index (χ0n) is 9.83. The van der Waals surface area contributed by atoms with E-state index in [2.05, 4.69) is 9.97 Å². The average molecular weight is 239 g/mol. The molecule has 2 heterocycles. The van der Waals surface area contributed by atoms with Crippen molar-refractivity contribution in [1.82, 2.24) is 9.97 Å². The molecule has 2 rings (SSSR count). The van der Waals surface area contributed by atoms with Crippen LogP contribution in [0.15, 0.2) is 6.20 Å². The van der Waals surface area contributed by atoms with Crippen molar-refractivity contribution in [1.29, 1.82) is 0 Å². The van der Waals surface area contributed by atoms with Crippen molar-refractivity contribution in [3.05, 3.63) is 17.6 Å². The van der Waals surface area contributed by atoms with Crippen molar-refractivity contribution in [2.75, 3.05) is 31.2 Å². The van der Waals surface area contributed by atoms with Gasteiger partial charge in [0.15, 0.2) is 0 Å². The van der Waals surface area contributed by atoms with E-state index in [1.807, 2.05) is 11.8 Å². The minimum absolute atomic E-state index is 0.00494. The summed E-state index contributed by atoms with van der Waals surface area (Å²) in [4.78, 5) is 10.4. The summed E-state index contributed by atoms with van der Waals surface area (Å²) in [5.74, 6) is 1.41. The number of aromatic nitrogens is 2. The molecule has 6 heteroatoms. The molecule has 17 heavy (non-hydrogen) atoms. The Morgan fingerprint density at radius 3 is 3.06 bits per heavy atom. The van der Waals surface area contributed by atoms with Gasteiger partial charge >= 0.3 is 0 Å². The second kappa shape index (κ2) is 5.39. The third-order valence-electron chi connectivity index (χ3n) is 2.77. The molecule has 1 atom stereocenters. The normalized spacial score (nSPS) is 20.6. The van der Waals surface area contributed by atoms with Crippen LogP contribution in [0.5, 0.6) is 0 Å². The molecule has 0 spiro atoms. The first-order valence-electron chi connectivity index (χ1n) is 5.65. The third-order valence-corrected chi connectivity index (χ3v) is 2.77. The summed E-state index contributed by atoms with van der Waals surface area (Å²) >= 11 is 0. The third kappa shape index (κ3) is 2.71. The molecular formula is C11H17N3O3. The topological polar surface area (TPSA) is 78.7 Å². The van der Waals surface area contributed by atoms with Gasteiger partial charge in [0.05, 0.1) is 25.9 Å². The maximum atomic E-state index is 9.28. The Labute approximate surface area is 99.9 Å². The largest absolute Gasteiger partial charge is 0.394 e. The van der Waals surface area contributed by atoms with E-state index in [0.717, 1.165) is 5.82 Å². The van der Waals surface area contributed by atoms with Gasteiger partial charge in [-0.15, -0.1) is 0 Å². The molecule has 1 aliphatic rings. The predicted molar refractivity (Wildman–Crippen MR) is 61.7 cm³/mol. The molecule has 1 unspecified atom stereocenters. The van der Waals surface area contributed by atoms with Crippen molar-refractivity contribution >= 4 is 5.82 Å². The van der Waals surface area contributed by atoms with Gasteiger partial charge in [-0.25, -0.2) is 9.97 Å². The average Bonchev–Trinajstić information content (AvgIpc) is 2.39. The lowest BCUT2D eigenvalue weighted by Crippen LogP contribution is -2.45. The van der Waals surface area contributed by atoms with E-state index in [1.54, 1.807) is 6.20 Å². The highest BCUT2D eigenvalue weighted by molar-refractivity contribution is 5.46. The molecule has 1 fully saturated rings. The van der Waals surface area contributed by atoms with Crippen molar-refractivity contribution in [2.24, 2.45) is 0 Å². The van der Waals surface area contributed by atoms with Gasteiger partial charge in [0, 0.05) is 24.8 Å². The molecule has 0 bridgehead atoms. The smallest absolute Gasteiger partial charge is 0.137 e. The highest BCUT2D eigenvalue weighted by Gasteiger charge is 2.22.